The average Bonchev–Trinajstić information content (AvgIpc) is 1.82. The van der Waals surface area contributed by atoms with Gasteiger partial charge in [0.25, 0.3) is 0 Å². The monoisotopic (exact) mass is 168 g/mol. The third kappa shape index (κ3) is 2.36. The highest BCUT2D eigenvalue weighted by atomic mass is 16.4. The van der Waals surface area contributed by atoms with Gasteiger partial charge in [0.2, 0.25) is 0 Å². The summed E-state index contributed by atoms with van der Waals surface area (Å²) in [7, 11) is 0. The van der Waals surface area contributed by atoms with Crippen molar-refractivity contribution in [3.63, 3.8) is 0 Å². The summed E-state index contributed by atoms with van der Waals surface area (Å²) in [6, 6.07) is 0. The smallest absolute Gasteiger partial charge is 0.304 e. The van der Waals surface area contributed by atoms with E-state index in [-0.39, 0.29) is 11.8 Å². The summed E-state index contributed by atoms with van der Waals surface area (Å²) in [6.45, 7) is 4.19. The van der Waals surface area contributed by atoms with Crippen LogP contribution in [0.2, 0.25) is 0 Å². The Kier molecular flexibility index (Phi) is 2.55. The highest BCUT2D eigenvalue weighted by Gasteiger charge is 2.28. The maximum atomic E-state index is 10.5. The molecule has 0 aromatic carbocycles. The number of carboxylic acid groups (broad SMARTS) is 1. The van der Waals surface area contributed by atoms with Crippen molar-refractivity contribution in [1.29, 1.82) is 0 Å². The minimum atomic E-state index is -0.698. The van der Waals surface area contributed by atoms with E-state index in [0.29, 0.717) is 5.92 Å². The number of carbonyl (C=O) groups is 1. The summed E-state index contributed by atoms with van der Waals surface area (Å²) >= 11 is 0. The number of rotatable bonds is 2. The number of hydrogen-bond acceptors (Lipinski definition) is 1. The van der Waals surface area contributed by atoms with E-state index in [4.69, 9.17) is 5.11 Å². The Hall–Kier alpha value is -0.790. The highest BCUT2D eigenvalue weighted by molar-refractivity contribution is 5.68. The van der Waals surface area contributed by atoms with Gasteiger partial charge in [0, 0.05) is 0 Å². The van der Waals surface area contributed by atoms with Crippen LogP contribution in [0, 0.1) is 11.3 Å². The molecule has 0 aliphatic heterocycles. The molecule has 0 spiro atoms. The molecule has 0 saturated carbocycles. The van der Waals surface area contributed by atoms with Crippen molar-refractivity contribution < 1.29 is 9.90 Å². The molecule has 0 saturated heterocycles. The van der Waals surface area contributed by atoms with E-state index in [1.54, 1.807) is 0 Å². The van der Waals surface area contributed by atoms with Crippen LogP contribution in [0.4, 0.5) is 0 Å². The van der Waals surface area contributed by atoms with Gasteiger partial charge in [-0.2, -0.15) is 0 Å². The Morgan fingerprint density at radius 2 is 2.42 bits per heavy atom. The lowest BCUT2D eigenvalue weighted by molar-refractivity contribution is -0.139. The van der Waals surface area contributed by atoms with E-state index in [1.807, 2.05) is 6.92 Å². The molecule has 0 aromatic rings. The van der Waals surface area contributed by atoms with E-state index in [9.17, 15) is 4.79 Å². The number of allylic oxidation sites excluding steroid dienone is 2. The molecule has 0 aromatic heterocycles. The van der Waals surface area contributed by atoms with Gasteiger partial charge in [-0.15, -0.1) is 0 Å². The van der Waals surface area contributed by atoms with Crippen molar-refractivity contribution in [2.24, 2.45) is 11.3 Å². The van der Waals surface area contributed by atoms with Crippen LogP contribution in [0.3, 0.4) is 0 Å². The summed E-state index contributed by atoms with van der Waals surface area (Å²) in [5.74, 6) is -0.0735. The molecule has 12 heavy (non-hydrogen) atoms. The zero-order chi connectivity index (χ0) is 9.19. The first-order chi connectivity index (χ1) is 5.52. The maximum absolute atomic E-state index is 10.5. The minimum absolute atomic E-state index is 0.108. The zero-order valence-corrected chi connectivity index (χ0v) is 7.71. The first-order valence-electron chi connectivity index (χ1n) is 4.41. The van der Waals surface area contributed by atoms with E-state index < -0.39 is 5.97 Å². The Morgan fingerprint density at radius 1 is 1.75 bits per heavy atom. The van der Waals surface area contributed by atoms with Gasteiger partial charge in [0.15, 0.2) is 0 Å². The van der Waals surface area contributed by atoms with Crippen LogP contribution >= 0.6 is 0 Å². The van der Waals surface area contributed by atoms with E-state index >= 15 is 0 Å². The molecule has 1 aliphatic rings. The Bertz CT molecular complexity index is 208. The molecule has 1 aliphatic carbocycles. The van der Waals surface area contributed by atoms with Crippen molar-refractivity contribution in [3.8, 4) is 0 Å². The predicted molar refractivity (Wildman–Crippen MR) is 47.9 cm³/mol. The summed E-state index contributed by atoms with van der Waals surface area (Å²) in [6.07, 6.45) is 6.51. The molecule has 1 N–H and O–H groups in total. The van der Waals surface area contributed by atoms with Crippen LogP contribution in [0.25, 0.3) is 0 Å². The number of aliphatic carboxylic acids is 1. The Balaban J connectivity index is 2.63. The summed E-state index contributed by atoms with van der Waals surface area (Å²) in [4.78, 5) is 10.5. The molecular formula is C10H16O2. The molecule has 0 radical (unpaired) electrons. The summed E-state index contributed by atoms with van der Waals surface area (Å²) < 4.78 is 0. The van der Waals surface area contributed by atoms with E-state index in [2.05, 4.69) is 19.1 Å². The summed E-state index contributed by atoms with van der Waals surface area (Å²) in [5.41, 5.74) is -0.108. The third-order valence-electron chi connectivity index (χ3n) is 2.43. The quantitative estimate of drug-likeness (QED) is 0.643. The molecule has 0 heterocycles. The zero-order valence-electron chi connectivity index (χ0n) is 7.71. The molecule has 0 amide bonds. The topological polar surface area (TPSA) is 37.3 Å². The molecular weight excluding hydrogens is 152 g/mol. The van der Waals surface area contributed by atoms with Crippen molar-refractivity contribution in [3.05, 3.63) is 12.2 Å². The van der Waals surface area contributed by atoms with E-state index in [1.165, 1.54) is 0 Å². The van der Waals surface area contributed by atoms with Gasteiger partial charge in [-0.25, -0.2) is 0 Å². The van der Waals surface area contributed by atoms with Crippen LogP contribution in [0.1, 0.15) is 33.1 Å². The molecule has 2 nitrogen and oxygen atoms in total. The molecule has 2 atom stereocenters. The van der Waals surface area contributed by atoms with Gasteiger partial charge in [0.05, 0.1) is 6.42 Å². The lowest BCUT2D eigenvalue weighted by atomic mass is 9.74. The van der Waals surface area contributed by atoms with Crippen molar-refractivity contribution in [1.82, 2.24) is 0 Å². The second-order valence-corrected chi connectivity index (χ2v) is 4.17. The first kappa shape index (κ1) is 9.30. The normalized spacial score (nSPS) is 35.0. The van der Waals surface area contributed by atoms with Crippen LogP contribution in [0.5, 0.6) is 0 Å². The maximum Gasteiger partial charge on any atom is 0.304 e. The molecule has 2 heteroatoms. The lowest BCUT2D eigenvalue weighted by Gasteiger charge is -2.30. The molecule has 0 unspecified atom stereocenters. The highest BCUT2D eigenvalue weighted by Crippen LogP contribution is 2.36. The average molecular weight is 168 g/mol. The van der Waals surface area contributed by atoms with Gasteiger partial charge < -0.3 is 5.11 Å². The minimum Gasteiger partial charge on any atom is -0.481 e. The SMILES string of the molecule is C[C@@H]1CC=C[C@](C)(CC(=O)O)C1. The fraction of sp³-hybridized carbons (Fsp3) is 0.700. The predicted octanol–water partition coefficient (Wildman–Crippen LogP) is 2.45. The summed E-state index contributed by atoms with van der Waals surface area (Å²) in [5, 5.41) is 8.68. The van der Waals surface area contributed by atoms with Gasteiger partial charge in [0.1, 0.15) is 0 Å². The third-order valence-corrected chi connectivity index (χ3v) is 2.43. The van der Waals surface area contributed by atoms with Crippen molar-refractivity contribution in [2.75, 3.05) is 0 Å². The Morgan fingerprint density at radius 3 is 2.92 bits per heavy atom. The van der Waals surface area contributed by atoms with Crippen LogP contribution in [-0.4, -0.2) is 11.1 Å². The van der Waals surface area contributed by atoms with Gasteiger partial charge in [-0.1, -0.05) is 26.0 Å². The van der Waals surface area contributed by atoms with Crippen LogP contribution < -0.4 is 0 Å². The Labute approximate surface area is 73.3 Å². The lowest BCUT2D eigenvalue weighted by Crippen LogP contribution is -2.23. The van der Waals surface area contributed by atoms with E-state index in [0.717, 1.165) is 12.8 Å². The van der Waals surface area contributed by atoms with Crippen molar-refractivity contribution in [2.45, 2.75) is 33.1 Å². The fourth-order valence-electron chi connectivity index (χ4n) is 2.01. The molecule has 0 bridgehead atoms. The van der Waals surface area contributed by atoms with Crippen LogP contribution in [-0.2, 0) is 4.79 Å². The van der Waals surface area contributed by atoms with Crippen molar-refractivity contribution >= 4 is 5.97 Å². The number of carboxylic acids is 1. The first-order valence-corrected chi connectivity index (χ1v) is 4.41. The fourth-order valence-corrected chi connectivity index (χ4v) is 2.01. The van der Waals surface area contributed by atoms with Crippen LogP contribution in [0.15, 0.2) is 12.2 Å². The molecule has 1 rings (SSSR count). The van der Waals surface area contributed by atoms with Gasteiger partial charge in [-0.05, 0) is 24.2 Å². The van der Waals surface area contributed by atoms with Gasteiger partial charge >= 0.3 is 5.97 Å². The molecule has 0 fully saturated rings. The van der Waals surface area contributed by atoms with Gasteiger partial charge in [-0.3, -0.25) is 4.79 Å². The largest absolute Gasteiger partial charge is 0.481 e. The standard InChI is InChI=1S/C10H16O2/c1-8-4-3-5-10(2,6-8)7-9(11)12/h3,5,8H,4,6-7H2,1-2H3,(H,11,12)/t8-,10+/m1/s1. The number of hydrogen-bond donors (Lipinski definition) is 1. The molecule has 68 valence electrons. The second-order valence-electron chi connectivity index (χ2n) is 4.17. The second kappa shape index (κ2) is 3.30.